The normalized spacial score (nSPS) is 15.8. The van der Waals surface area contributed by atoms with Crippen LogP contribution in [0.2, 0.25) is 0 Å². The van der Waals surface area contributed by atoms with Crippen LogP contribution in [0.25, 0.3) is 0 Å². The second kappa shape index (κ2) is 5.75. The molecule has 1 heterocycles. The molecule has 0 fully saturated rings. The van der Waals surface area contributed by atoms with Gasteiger partial charge >= 0.3 is 0 Å². The number of hydrazine groups is 1. The van der Waals surface area contributed by atoms with E-state index in [1.807, 2.05) is 24.3 Å². The third-order valence-electron chi connectivity index (χ3n) is 2.93. The van der Waals surface area contributed by atoms with Gasteiger partial charge in [0, 0.05) is 12.0 Å². The molecule has 1 unspecified atom stereocenters. The molecule has 3 N–H and O–H groups in total. The Morgan fingerprint density at radius 3 is 2.72 bits per heavy atom. The number of nitrogens with one attached hydrogen (secondary N) is 1. The summed E-state index contributed by atoms with van der Waals surface area (Å²) in [6.07, 6.45) is 2.93. The van der Waals surface area contributed by atoms with E-state index >= 15 is 0 Å². The van der Waals surface area contributed by atoms with Crippen molar-refractivity contribution >= 4 is 0 Å². The number of rotatable bonds is 5. The predicted octanol–water partition coefficient (Wildman–Crippen LogP) is 1.51. The van der Waals surface area contributed by atoms with Crippen molar-refractivity contribution in [1.29, 1.82) is 0 Å². The van der Waals surface area contributed by atoms with Crippen LogP contribution in [-0.2, 0) is 4.74 Å². The molecule has 18 heavy (non-hydrogen) atoms. The molecule has 5 nitrogen and oxygen atoms in total. The fraction of sp³-hybridized carbons (Fsp3) is 0.385. The minimum Gasteiger partial charge on any atom is -0.497 e. The quantitative estimate of drug-likeness (QED) is 0.612. The average Bonchev–Trinajstić information content (AvgIpc) is 2.93. The second-order valence-electron chi connectivity index (χ2n) is 3.95. The molecule has 0 bridgehead atoms. The largest absolute Gasteiger partial charge is 0.497 e. The zero-order valence-electron chi connectivity index (χ0n) is 10.6. The van der Waals surface area contributed by atoms with Crippen molar-refractivity contribution in [3.63, 3.8) is 0 Å². The summed E-state index contributed by atoms with van der Waals surface area (Å²) in [5, 5.41) is 0. The Bertz CT molecular complexity index is 446. The van der Waals surface area contributed by atoms with Crippen molar-refractivity contribution in [1.82, 2.24) is 5.43 Å². The summed E-state index contributed by atoms with van der Waals surface area (Å²) < 4.78 is 16.1. The average molecular weight is 250 g/mol. The zero-order chi connectivity index (χ0) is 13.0. The fourth-order valence-corrected chi connectivity index (χ4v) is 2.03. The summed E-state index contributed by atoms with van der Waals surface area (Å²) in [4.78, 5) is 0. The van der Waals surface area contributed by atoms with Crippen molar-refractivity contribution in [3.05, 3.63) is 35.6 Å². The van der Waals surface area contributed by atoms with Gasteiger partial charge < -0.3 is 14.2 Å². The maximum absolute atomic E-state index is 5.63. The summed E-state index contributed by atoms with van der Waals surface area (Å²) in [7, 11) is 3.25. The van der Waals surface area contributed by atoms with E-state index in [0.29, 0.717) is 6.61 Å². The van der Waals surface area contributed by atoms with Crippen molar-refractivity contribution in [2.45, 2.75) is 12.5 Å². The Morgan fingerprint density at radius 1 is 1.33 bits per heavy atom. The highest BCUT2D eigenvalue weighted by Gasteiger charge is 2.23. The predicted molar refractivity (Wildman–Crippen MR) is 68.3 cm³/mol. The van der Waals surface area contributed by atoms with Gasteiger partial charge in [-0.2, -0.15) is 0 Å². The van der Waals surface area contributed by atoms with Gasteiger partial charge in [0.2, 0.25) is 0 Å². The minimum atomic E-state index is -0.224. The summed E-state index contributed by atoms with van der Waals surface area (Å²) in [5.41, 5.74) is 3.65. The van der Waals surface area contributed by atoms with Gasteiger partial charge in [0.15, 0.2) is 0 Å². The lowest BCUT2D eigenvalue weighted by Crippen LogP contribution is -2.30. The maximum atomic E-state index is 5.63. The van der Waals surface area contributed by atoms with Crippen LogP contribution in [0.4, 0.5) is 0 Å². The summed E-state index contributed by atoms with van der Waals surface area (Å²) in [6, 6.07) is 5.37. The number of nitrogens with two attached hydrogens (primary N) is 1. The Hall–Kier alpha value is -1.72. The van der Waals surface area contributed by atoms with E-state index in [4.69, 9.17) is 20.1 Å². The molecule has 0 amide bonds. The molecule has 1 atom stereocenters. The Balaban J connectivity index is 2.39. The van der Waals surface area contributed by atoms with Crippen molar-refractivity contribution in [2.24, 2.45) is 5.84 Å². The molecule has 1 aromatic carbocycles. The third-order valence-corrected chi connectivity index (χ3v) is 2.93. The van der Waals surface area contributed by atoms with Gasteiger partial charge in [-0.25, -0.2) is 5.43 Å². The fourth-order valence-electron chi connectivity index (χ4n) is 2.03. The zero-order valence-corrected chi connectivity index (χ0v) is 10.6. The Morgan fingerprint density at radius 2 is 2.17 bits per heavy atom. The van der Waals surface area contributed by atoms with Gasteiger partial charge in [-0.15, -0.1) is 0 Å². The van der Waals surface area contributed by atoms with E-state index in [9.17, 15) is 0 Å². The molecule has 0 aromatic heterocycles. The smallest absolute Gasteiger partial charge is 0.124 e. The number of benzene rings is 1. The first-order chi connectivity index (χ1) is 8.80. The molecule has 98 valence electrons. The first-order valence-corrected chi connectivity index (χ1v) is 5.81. The van der Waals surface area contributed by atoms with Gasteiger partial charge in [0.25, 0.3) is 0 Å². The van der Waals surface area contributed by atoms with Gasteiger partial charge in [-0.05, 0) is 24.3 Å². The van der Waals surface area contributed by atoms with Crippen molar-refractivity contribution < 1.29 is 14.2 Å². The van der Waals surface area contributed by atoms with Crippen LogP contribution in [0, 0.1) is 0 Å². The Labute approximate surface area is 106 Å². The van der Waals surface area contributed by atoms with E-state index in [1.54, 1.807) is 14.2 Å². The number of hydrogen-bond donors (Lipinski definition) is 2. The first-order valence-electron chi connectivity index (χ1n) is 5.81. The topological polar surface area (TPSA) is 65.7 Å². The monoisotopic (exact) mass is 250 g/mol. The maximum Gasteiger partial charge on any atom is 0.124 e. The second-order valence-corrected chi connectivity index (χ2v) is 3.95. The van der Waals surface area contributed by atoms with E-state index in [2.05, 4.69) is 5.43 Å². The van der Waals surface area contributed by atoms with E-state index in [0.717, 1.165) is 29.2 Å². The number of hydrogen-bond acceptors (Lipinski definition) is 5. The highest BCUT2D eigenvalue weighted by Crippen LogP contribution is 2.34. The SMILES string of the molecule is COc1ccc(OC)c(C(NN)C2=CCCO2)c1. The third kappa shape index (κ3) is 2.42. The van der Waals surface area contributed by atoms with Crippen LogP contribution in [0.3, 0.4) is 0 Å². The molecule has 2 rings (SSSR count). The lowest BCUT2D eigenvalue weighted by Gasteiger charge is -2.20. The molecule has 0 aliphatic carbocycles. The van der Waals surface area contributed by atoms with Gasteiger partial charge in [-0.1, -0.05) is 0 Å². The first kappa shape index (κ1) is 12.7. The summed E-state index contributed by atoms with van der Waals surface area (Å²) in [6.45, 7) is 0.694. The lowest BCUT2D eigenvalue weighted by molar-refractivity contribution is 0.214. The standard InChI is InChI=1S/C13H18N2O3/c1-16-9-5-6-11(17-2)10(8-9)13(15-14)12-4-3-7-18-12/h4-6,8,13,15H,3,7,14H2,1-2H3. The van der Waals surface area contributed by atoms with Crippen LogP contribution in [-0.4, -0.2) is 20.8 Å². The molecule has 5 heteroatoms. The van der Waals surface area contributed by atoms with Gasteiger partial charge in [-0.3, -0.25) is 5.84 Å². The van der Waals surface area contributed by atoms with Crippen molar-refractivity contribution in [2.75, 3.05) is 20.8 Å². The number of methoxy groups -OCH3 is 2. The van der Waals surface area contributed by atoms with Gasteiger partial charge in [0.05, 0.1) is 20.8 Å². The molecule has 1 aliphatic rings. The lowest BCUT2D eigenvalue weighted by atomic mass is 10.0. The van der Waals surface area contributed by atoms with Crippen molar-refractivity contribution in [3.8, 4) is 11.5 Å². The van der Waals surface area contributed by atoms with Crippen LogP contribution >= 0.6 is 0 Å². The highest BCUT2D eigenvalue weighted by atomic mass is 16.5. The number of ether oxygens (including phenoxy) is 3. The Kier molecular flexibility index (Phi) is 4.07. The molecule has 0 saturated heterocycles. The van der Waals surface area contributed by atoms with Crippen LogP contribution in [0.5, 0.6) is 11.5 Å². The minimum absolute atomic E-state index is 0.224. The molecule has 0 spiro atoms. The molecular weight excluding hydrogens is 232 g/mol. The summed E-state index contributed by atoms with van der Waals surface area (Å²) >= 11 is 0. The molecule has 1 aliphatic heterocycles. The van der Waals surface area contributed by atoms with Gasteiger partial charge in [0.1, 0.15) is 23.3 Å². The molecule has 1 aromatic rings. The molecule has 0 saturated carbocycles. The molecule has 0 radical (unpaired) electrons. The van der Waals surface area contributed by atoms with E-state index in [-0.39, 0.29) is 6.04 Å². The van der Waals surface area contributed by atoms with Crippen LogP contribution < -0.4 is 20.7 Å². The molecular formula is C13H18N2O3. The van der Waals surface area contributed by atoms with Crippen LogP contribution in [0.1, 0.15) is 18.0 Å². The highest BCUT2D eigenvalue weighted by molar-refractivity contribution is 5.44. The summed E-state index contributed by atoms with van der Waals surface area (Å²) in [5.74, 6) is 7.96. The van der Waals surface area contributed by atoms with E-state index in [1.165, 1.54) is 0 Å². The van der Waals surface area contributed by atoms with Crippen LogP contribution in [0.15, 0.2) is 30.0 Å². The van der Waals surface area contributed by atoms with E-state index < -0.39 is 0 Å².